The maximum Gasteiger partial charge on any atom is 0.0541 e. The Hall–Kier alpha value is -7.62. The van der Waals surface area contributed by atoms with Crippen molar-refractivity contribution in [2.45, 2.75) is 0 Å². The summed E-state index contributed by atoms with van der Waals surface area (Å²) in [4.78, 5) is 0. The number of aromatic nitrogens is 3. The van der Waals surface area contributed by atoms with Gasteiger partial charge in [-0.1, -0.05) is 133 Å². The number of para-hydroxylation sites is 5. The number of benzene rings is 9. The molecule has 266 valence electrons. The van der Waals surface area contributed by atoms with Crippen molar-refractivity contribution in [1.29, 1.82) is 0 Å². The van der Waals surface area contributed by atoms with E-state index in [9.17, 15) is 0 Å². The van der Waals surface area contributed by atoms with E-state index in [1.807, 2.05) is 0 Å². The predicted molar refractivity (Wildman–Crippen MR) is 240 cm³/mol. The average molecular weight is 726 g/mol. The molecule has 0 spiro atoms. The second kappa shape index (κ2) is 12.5. The topological polar surface area (TPSA) is 14.8 Å². The molecule has 0 saturated heterocycles. The highest BCUT2D eigenvalue weighted by molar-refractivity contribution is 6.12. The third-order valence-electron chi connectivity index (χ3n) is 11.8. The highest BCUT2D eigenvalue weighted by atomic mass is 15.0. The SMILES string of the molecule is c1ccc(-c2cc(-c3ccc4c(c3)c3ccccc3n4-c3cccc(-n4c5ccccc5c5ccccc54)c3)cc(-n3c4ccccc4c4ccccc43)c2)cc1. The summed E-state index contributed by atoms with van der Waals surface area (Å²) < 4.78 is 7.25. The van der Waals surface area contributed by atoms with Crippen LogP contribution >= 0.6 is 0 Å². The van der Waals surface area contributed by atoms with Crippen LogP contribution in [0.4, 0.5) is 0 Å². The van der Waals surface area contributed by atoms with Crippen LogP contribution in [0.25, 0.3) is 105 Å². The van der Waals surface area contributed by atoms with Crippen molar-refractivity contribution >= 4 is 65.4 Å². The lowest BCUT2D eigenvalue weighted by molar-refractivity contribution is 1.13. The van der Waals surface area contributed by atoms with Crippen molar-refractivity contribution < 1.29 is 0 Å². The summed E-state index contributed by atoms with van der Waals surface area (Å²) in [6.07, 6.45) is 0. The van der Waals surface area contributed by atoms with Crippen LogP contribution in [-0.4, -0.2) is 13.7 Å². The van der Waals surface area contributed by atoms with Crippen LogP contribution in [0.15, 0.2) is 212 Å². The summed E-state index contributed by atoms with van der Waals surface area (Å²) in [6.45, 7) is 0. The van der Waals surface area contributed by atoms with Crippen LogP contribution in [0.5, 0.6) is 0 Å². The van der Waals surface area contributed by atoms with Gasteiger partial charge in [0.15, 0.2) is 0 Å². The van der Waals surface area contributed by atoms with Gasteiger partial charge in [-0.2, -0.15) is 0 Å². The van der Waals surface area contributed by atoms with Gasteiger partial charge in [0.1, 0.15) is 0 Å². The Morgan fingerprint density at radius 2 is 0.579 bits per heavy atom. The van der Waals surface area contributed by atoms with E-state index in [1.165, 1.54) is 87.7 Å². The molecule has 0 unspecified atom stereocenters. The lowest BCUT2D eigenvalue weighted by Crippen LogP contribution is -1.98. The fourth-order valence-electron chi connectivity index (χ4n) is 9.31. The molecule has 0 aliphatic heterocycles. The highest BCUT2D eigenvalue weighted by Gasteiger charge is 2.18. The molecule has 0 saturated carbocycles. The van der Waals surface area contributed by atoms with Gasteiger partial charge in [-0.05, 0) is 101 Å². The molecule has 12 rings (SSSR count). The lowest BCUT2D eigenvalue weighted by Gasteiger charge is -2.15. The minimum atomic E-state index is 1.13. The molecule has 3 nitrogen and oxygen atoms in total. The van der Waals surface area contributed by atoms with Crippen molar-refractivity contribution in [3.63, 3.8) is 0 Å². The molecule has 0 radical (unpaired) electrons. The summed E-state index contributed by atoms with van der Waals surface area (Å²) in [7, 11) is 0. The van der Waals surface area contributed by atoms with Crippen molar-refractivity contribution in [3.05, 3.63) is 212 Å². The van der Waals surface area contributed by atoms with E-state index in [4.69, 9.17) is 0 Å². The largest absolute Gasteiger partial charge is 0.309 e. The molecule has 3 aromatic heterocycles. The monoisotopic (exact) mass is 725 g/mol. The minimum Gasteiger partial charge on any atom is -0.309 e. The summed E-state index contributed by atoms with van der Waals surface area (Å²) in [5.41, 5.74) is 15.4. The summed E-state index contributed by atoms with van der Waals surface area (Å²) in [5, 5.41) is 7.51. The average Bonchev–Trinajstić information content (AvgIpc) is 3.92. The molecule has 3 heteroatoms. The van der Waals surface area contributed by atoms with Crippen molar-refractivity contribution in [2.24, 2.45) is 0 Å². The molecule has 57 heavy (non-hydrogen) atoms. The van der Waals surface area contributed by atoms with Gasteiger partial charge in [0, 0.05) is 49.4 Å². The van der Waals surface area contributed by atoms with Gasteiger partial charge >= 0.3 is 0 Å². The number of hydrogen-bond donors (Lipinski definition) is 0. The second-order valence-electron chi connectivity index (χ2n) is 15.0. The first-order valence-electron chi connectivity index (χ1n) is 19.6. The number of rotatable bonds is 5. The van der Waals surface area contributed by atoms with E-state index >= 15 is 0 Å². The van der Waals surface area contributed by atoms with Gasteiger partial charge in [-0.15, -0.1) is 0 Å². The van der Waals surface area contributed by atoms with Gasteiger partial charge in [-0.25, -0.2) is 0 Å². The molecule has 0 fully saturated rings. The second-order valence-corrected chi connectivity index (χ2v) is 15.0. The summed E-state index contributed by atoms with van der Waals surface area (Å²) in [6, 6.07) is 77.5. The molecule has 0 atom stereocenters. The first kappa shape index (κ1) is 31.7. The predicted octanol–water partition coefficient (Wildman–Crippen LogP) is 14.3. The third kappa shape index (κ3) is 4.86. The Balaban J connectivity index is 1.06. The van der Waals surface area contributed by atoms with Gasteiger partial charge in [0.25, 0.3) is 0 Å². The Morgan fingerprint density at radius 3 is 1.07 bits per heavy atom. The Bertz CT molecular complexity index is 3420. The van der Waals surface area contributed by atoms with Crippen LogP contribution in [0.1, 0.15) is 0 Å². The molecule has 0 amide bonds. The van der Waals surface area contributed by atoms with E-state index < -0.39 is 0 Å². The van der Waals surface area contributed by atoms with Crippen LogP contribution < -0.4 is 0 Å². The zero-order valence-corrected chi connectivity index (χ0v) is 31.0. The standard InChI is InChI=1S/C54H35N3/c1-2-15-36(16-3-1)38-31-39(33-42(32-38)57-51-26-11-6-21-45(51)46-22-7-12-27-52(46)57)37-29-30-54-48(34-37)47-23-8-13-28-53(47)56(54)41-18-14-17-40(35-41)55-49-24-9-4-19-43(49)44-20-5-10-25-50(44)55/h1-35H. The minimum absolute atomic E-state index is 1.13. The Labute approximate surface area is 329 Å². The first-order chi connectivity index (χ1) is 28.3. The zero-order valence-electron chi connectivity index (χ0n) is 31.0. The maximum atomic E-state index is 2.43. The van der Waals surface area contributed by atoms with E-state index in [1.54, 1.807) is 0 Å². The molecule has 12 aromatic rings. The van der Waals surface area contributed by atoms with E-state index in [0.29, 0.717) is 0 Å². The van der Waals surface area contributed by atoms with E-state index in [0.717, 1.165) is 17.1 Å². The summed E-state index contributed by atoms with van der Waals surface area (Å²) in [5.74, 6) is 0. The smallest absolute Gasteiger partial charge is 0.0541 e. The molecule has 9 aromatic carbocycles. The number of nitrogens with zero attached hydrogens (tertiary/aromatic N) is 3. The Kier molecular flexibility index (Phi) is 6.93. The third-order valence-corrected chi connectivity index (χ3v) is 11.8. The van der Waals surface area contributed by atoms with E-state index in [2.05, 4.69) is 226 Å². The Morgan fingerprint density at radius 1 is 0.193 bits per heavy atom. The van der Waals surface area contributed by atoms with E-state index in [-0.39, 0.29) is 0 Å². The molecule has 0 aliphatic carbocycles. The van der Waals surface area contributed by atoms with Crippen LogP contribution in [-0.2, 0) is 0 Å². The fraction of sp³-hybridized carbons (Fsp3) is 0. The van der Waals surface area contributed by atoms with Gasteiger partial charge < -0.3 is 13.7 Å². The lowest BCUT2D eigenvalue weighted by atomic mass is 9.96. The summed E-state index contributed by atoms with van der Waals surface area (Å²) >= 11 is 0. The fourth-order valence-corrected chi connectivity index (χ4v) is 9.31. The van der Waals surface area contributed by atoms with Crippen LogP contribution in [0.2, 0.25) is 0 Å². The maximum absolute atomic E-state index is 2.43. The molecule has 0 aliphatic rings. The molecular weight excluding hydrogens is 691 g/mol. The van der Waals surface area contributed by atoms with Crippen LogP contribution in [0, 0.1) is 0 Å². The van der Waals surface area contributed by atoms with Crippen molar-refractivity contribution in [2.75, 3.05) is 0 Å². The van der Waals surface area contributed by atoms with Gasteiger partial charge in [-0.3, -0.25) is 0 Å². The van der Waals surface area contributed by atoms with Crippen molar-refractivity contribution in [1.82, 2.24) is 13.7 Å². The molecule has 3 heterocycles. The molecule has 0 N–H and O–H groups in total. The molecule has 0 bridgehead atoms. The van der Waals surface area contributed by atoms with Gasteiger partial charge in [0.05, 0.1) is 33.1 Å². The van der Waals surface area contributed by atoms with Crippen LogP contribution in [0.3, 0.4) is 0 Å². The van der Waals surface area contributed by atoms with Crippen molar-refractivity contribution in [3.8, 4) is 39.3 Å². The first-order valence-corrected chi connectivity index (χ1v) is 19.6. The number of hydrogen-bond acceptors (Lipinski definition) is 0. The normalized spacial score (nSPS) is 11.9. The van der Waals surface area contributed by atoms with Gasteiger partial charge in [0.2, 0.25) is 0 Å². The quantitative estimate of drug-likeness (QED) is 0.168. The zero-order chi connectivity index (χ0) is 37.5. The number of fused-ring (bicyclic) bond motifs is 9. The molecular formula is C54H35N3. The highest BCUT2D eigenvalue weighted by Crippen LogP contribution is 2.40.